The van der Waals surface area contributed by atoms with Crippen LogP contribution in [0.1, 0.15) is 51.0 Å². The Kier molecular flexibility index (Phi) is 5.17. The smallest absolute Gasteiger partial charge is 0.160 e. The molecule has 0 saturated heterocycles. The number of hydrogen-bond acceptors (Lipinski definition) is 2. The van der Waals surface area contributed by atoms with Crippen molar-refractivity contribution in [2.24, 2.45) is 0 Å². The van der Waals surface area contributed by atoms with Gasteiger partial charge in [-0.1, -0.05) is 39.2 Å². The number of hydrogen-bond donors (Lipinski definition) is 1. The third kappa shape index (κ3) is 3.44. The molecule has 0 radical (unpaired) electrons. The number of aromatic hydroxyl groups is 1. The fourth-order valence-electron chi connectivity index (χ4n) is 1.87. The summed E-state index contributed by atoms with van der Waals surface area (Å²) in [4.78, 5) is 0. The van der Waals surface area contributed by atoms with E-state index in [0.29, 0.717) is 11.7 Å². The van der Waals surface area contributed by atoms with Crippen molar-refractivity contribution in [3.8, 4) is 11.5 Å². The van der Waals surface area contributed by atoms with Crippen LogP contribution in [0.15, 0.2) is 18.2 Å². The van der Waals surface area contributed by atoms with E-state index in [2.05, 4.69) is 13.8 Å². The van der Waals surface area contributed by atoms with E-state index in [1.165, 1.54) is 31.2 Å². The van der Waals surface area contributed by atoms with Gasteiger partial charge in [-0.05, 0) is 30.0 Å². The molecule has 90 valence electrons. The normalized spacial score (nSPS) is 12.4. The second-order valence-electron chi connectivity index (χ2n) is 4.33. The summed E-state index contributed by atoms with van der Waals surface area (Å²) in [5.41, 5.74) is 1.24. The summed E-state index contributed by atoms with van der Waals surface area (Å²) in [7, 11) is 1.58. The zero-order chi connectivity index (χ0) is 12.0. The summed E-state index contributed by atoms with van der Waals surface area (Å²) in [6, 6.07) is 5.63. The minimum Gasteiger partial charge on any atom is -0.504 e. The van der Waals surface area contributed by atoms with E-state index in [-0.39, 0.29) is 5.75 Å². The molecule has 1 N–H and O–H groups in total. The lowest BCUT2D eigenvalue weighted by Gasteiger charge is -2.13. The average Bonchev–Trinajstić information content (AvgIpc) is 2.30. The van der Waals surface area contributed by atoms with Crippen LogP contribution in [0.5, 0.6) is 11.5 Å². The fourth-order valence-corrected chi connectivity index (χ4v) is 1.87. The van der Waals surface area contributed by atoms with Gasteiger partial charge in [-0.2, -0.15) is 0 Å². The van der Waals surface area contributed by atoms with Gasteiger partial charge in [0.05, 0.1) is 7.11 Å². The van der Waals surface area contributed by atoms with E-state index in [0.717, 1.165) is 0 Å². The van der Waals surface area contributed by atoms with Gasteiger partial charge in [0.15, 0.2) is 11.5 Å². The SMILES string of the molecule is CCCCCC(C)c1ccc(O)c(OC)c1. The van der Waals surface area contributed by atoms with Crippen LogP contribution in [-0.4, -0.2) is 12.2 Å². The lowest BCUT2D eigenvalue weighted by molar-refractivity contribution is 0.372. The third-order valence-corrected chi connectivity index (χ3v) is 3.01. The predicted octanol–water partition coefficient (Wildman–Crippen LogP) is 4.08. The minimum absolute atomic E-state index is 0.215. The lowest BCUT2D eigenvalue weighted by atomic mass is 9.95. The topological polar surface area (TPSA) is 29.5 Å². The molecule has 1 rings (SSSR count). The van der Waals surface area contributed by atoms with Gasteiger partial charge in [-0.25, -0.2) is 0 Å². The first kappa shape index (κ1) is 12.9. The van der Waals surface area contributed by atoms with Gasteiger partial charge in [0.25, 0.3) is 0 Å². The van der Waals surface area contributed by atoms with Gasteiger partial charge < -0.3 is 9.84 Å². The van der Waals surface area contributed by atoms with E-state index in [1.54, 1.807) is 13.2 Å². The predicted molar refractivity (Wildman–Crippen MR) is 67.2 cm³/mol. The summed E-state index contributed by atoms with van der Waals surface area (Å²) in [6.07, 6.45) is 5.01. The summed E-state index contributed by atoms with van der Waals surface area (Å²) < 4.78 is 5.11. The third-order valence-electron chi connectivity index (χ3n) is 3.01. The van der Waals surface area contributed by atoms with Crippen LogP contribution in [0.3, 0.4) is 0 Å². The van der Waals surface area contributed by atoms with Crippen LogP contribution in [-0.2, 0) is 0 Å². The molecular formula is C14H22O2. The molecule has 0 fully saturated rings. The Labute approximate surface area is 98.3 Å². The van der Waals surface area contributed by atoms with Gasteiger partial charge in [0.2, 0.25) is 0 Å². The van der Waals surface area contributed by atoms with E-state index in [9.17, 15) is 5.11 Å². The van der Waals surface area contributed by atoms with Crippen LogP contribution in [0.2, 0.25) is 0 Å². The highest BCUT2D eigenvalue weighted by Crippen LogP contribution is 2.31. The molecule has 0 aliphatic rings. The monoisotopic (exact) mass is 222 g/mol. The van der Waals surface area contributed by atoms with Crippen molar-refractivity contribution in [3.63, 3.8) is 0 Å². The number of ether oxygens (including phenoxy) is 1. The van der Waals surface area contributed by atoms with E-state index in [4.69, 9.17) is 4.74 Å². The number of rotatable bonds is 6. The Hall–Kier alpha value is -1.18. The van der Waals surface area contributed by atoms with Crippen LogP contribution < -0.4 is 4.74 Å². The first-order valence-corrected chi connectivity index (χ1v) is 6.06. The van der Waals surface area contributed by atoms with Crippen molar-refractivity contribution >= 4 is 0 Å². The molecule has 0 aromatic heterocycles. The molecule has 1 aromatic carbocycles. The zero-order valence-electron chi connectivity index (χ0n) is 10.5. The number of benzene rings is 1. The quantitative estimate of drug-likeness (QED) is 0.735. The molecule has 16 heavy (non-hydrogen) atoms. The average molecular weight is 222 g/mol. The number of unbranched alkanes of at least 4 members (excludes halogenated alkanes) is 2. The fraction of sp³-hybridized carbons (Fsp3) is 0.571. The van der Waals surface area contributed by atoms with Crippen molar-refractivity contribution in [1.82, 2.24) is 0 Å². The van der Waals surface area contributed by atoms with Crippen LogP contribution in [0.4, 0.5) is 0 Å². The Bertz CT molecular complexity index is 321. The highest BCUT2D eigenvalue weighted by atomic mass is 16.5. The Morgan fingerprint density at radius 3 is 2.69 bits per heavy atom. The molecule has 0 aliphatic heterocycles. The summed E-state index contributed by atoms with van der Waals surface area (Å²) in [6.45, 7) is 4.44. The summed E-state index contributed by atoms with van der Waals surface area (Å²) in [5.74, 6) is 1.31. The van der Waals surface area contributed by atoms with Crippen LogP contribution >= 0.6 is 0 Å². The Morgan fingerprint density at radius 1 is 1.31 bits per heavy atom. The van der Waals surface area contributed by atoms with Crippen molar-refractivity contribution in [1.29, 1.82) is 0 Å². The molecular weight excluding hydrogens is 200 g/mol. The van der Waals surface area contributed by atoms with Crippen molar-refractivity contribution < 1.29 is 9.84 Å². The molecule has 0 spiro atoms. The van der Waals surface area contributed by atoms with Crippen molar-refractivity contribution in [2.75, 3.05) is 7.11 Å². The first-order valence-electron chi connectivity index (χ1n) is 6.06. The molecule has 1 atom stereocenters. The van der Waals surface area contributed by atoms with Crippen LogP contribution in [0.25, 0.3) is 0 Å². The van der Waals surface area contributed by atoms with E-state index < -0.39 is 0 Å². The second kappa shape index (κ2) is 6.41. The lowest BCUT2D eigenvalue weighted by Crippen LogP contribution is -1.95. The molecule has 0 amide bonds. The van der Waals surface area contributed by atoms with Gasteiger partial charge >= 0.3 is 0 Å². The minimum atomic E-state index is 0.215. The largest absolute Gasteiger partial charge is 0.504 e. The highest BCUT2D eigenvalue weighted by molar-refractivity contribution is 5.42. The first-order chi connectivity index (χ1) is 7.69. The standard InChI is InChI=1S/C14H22O2/c1-4-5-6-7-11(2)12-8-9-13(15)14(10-12)16-3/h8-11,15H,4-7H2,1-3H3. The van der Waals surface area contributed by atoms with Crippen molar-refractivity contribution in [2.45, 2.75) is 45.4 Å². The highest BCUT2D eigenvalue weighted by Gasteiger charge is 2.08. The van der Waals surface area contributed by atoms with Crippen LogP contribution in [0, 0.1) is 0 Å². The van der Waals surface area contributed by atoms with E-state index in [1.807, 2.05) is 12.1 Å². The number of methoxy groups -OCH3 is 1. The van der Waals surface area contributed by atoms with Gasteiger partial charge in [0.1, 0.15) is 0 Å². The molecule has 0 aliphatic carbocycles. The molecule has 0 bridgehead atoms. The molecule has 0 heterocycles. The maximum atomic E-state index is 9.51. The molecule has 1 unspecified atom stereocenters. The molecule has 1 aromatic rings. The molecule has 2 nitrogen and oxygen atoms in total. The zero-order valence-corrected chi connectivity index (χ0v) is 10.5. The van der Waals surface area contributed by atoms with Gasteiger partial charge in [-0.3, -0.25) is 0 Å². The van der Waals surface area contributed by atoms with E-state index >= 15 is 0 Å². The van der Waals surface area contributed by atoms with Gasteiger partial charge in [0, 0.05) is 0 Å². The molecule has 0 saturated carbocycles. The second-order valence-corrected chi connectivity index (χ2v) is 4.33. The Balaban J connectivity index is 2.64. The van der Waals surface area contributed by atoms with Crippen molar-refractivity contribution in [3.05, 3.63) is 23.8 Å². The Morgan fingerprint density at radius 2 is 2.06 bits per heavy atom. The van der Waals surface area contributed by atoms with Gasteiger partial charge in [-0.15, -0.1) is 0 Å². The number of phenols is 1. The maximum absolute atomic E-state index is 9.51. The maximum Gasteiger partial charge on any atom is 0.160 e. The molecule has 2 heteroatoms. The summed E-state index contributed by atoms with van der Waals surface area (Å²) in [5, 5.41) is 9.51. The number of phenolic OH excluding ortho intramolecular Hbond substituents is 1. The summed E-state index contributed by atoms with van der Waals surface area (Å²) >= 11 is 0.